The Bertz CT molecular complexity index is 417. The Morgan fingerprint density at radius 3 is 2.63 bits per heavy atom. The minimum absolute atomic E-state index is 0.00942. The number of aryl methyl sites for hydroxylation is 1. The third-order valence-corrected chi connectivity index (χ3v) is 2.45. The molecule has 0 saturated carbocycles. The highest BCUT2D eigenvalue weighted by molar-refractivity contribution is 6.31. The fraction of sp³-hybridized carbons (Fsp3) is 0.667. The van der Waals surface area contributed by atoms with E-state index in [9.17, 15) is 13.2 Å². The summed E-state index contributed by atoms with van der Waals surface area (Å²) in [5, 5.41) is 18.4. The minimum atomic E-state index is -4.61. The zero-order valence-electron chi connectivity index (χ0n) is 9.78. The van der Waals surface area contributed by atoms with Gasteiger partial charge in [-0.2, -0.15) is 13.2 Å². The molecule has 0 aliphatic heterocycles. The van der Waals surface area contributed by atoms with Crippen molar-refractivity contribution in [3.8, 4) is 0 Å². The topological polar surface area (TPSA) is 97.0 Å². The first-order chi connectivity index (χ1) is 8.80. The van der Waals surface area contributed by atoms with Crippen LogP contribution in [0.3, 0.4) is 0 Å². The fourth-order valence-corrected chi connectivity index (χ4v) is 1.27. The summed E-state index contributed by atoms with van der Waals surface area (Å²) in [5.74, 6) is 0.423. The number of aliphatic hydroxyl groups is 1. The zero-order chi connectivity index (χ0) is 14.5. The first-order valence-electron chi connectivity index (χ1n) is 5.40. The number of aliphatic hydroxyl groups excluding tert-OH is 1. The maximum absolute atomic E-state index is 12.0. The fourth-order valence-electron chi connectivity index (χ4n) is 1.19. The molecule has 6 nitrogen and oxygen atoms in total. The highest BCUT2D eigenvalue weighted by Crippen LogP contribution is 2.19. The molecular weight excluding hydrogens is 287 g/mol. The van der Waals surface area contributed by atoms with E-state index in [1.807, 2.05) is 0 Å². The molecule has 4 N–H and O–H groups in total. The van der Waals surface area contributed by atoms with E-state index >= 15 is 0 Å². The molecular formula is C9H13ClF3N5O. The molecule has 1 atom stereocenters. The van der Waals surface area contributed by atoms with Crippen LogP contribution in [0.5, 0.6) is 0 Å². The van der Waals surface area contributed by atoms with Crippen molar-refractivity contribution >= 4 is 17.4 Å². The van der Waals surface area contributed by atoms with Gasteiger partial charge in [0.05, 0.1) is 0 Å². The van der Waals surface area contributed by atoms with Crippen LogP contribution < -0.4 is 11.1 Å². The first-order valence-corrected chi connectivity index (χ1v) is 5.78. The van der Waals surface area contributed by atoms with Gasteiger partial charge in [0, 0.05) is 13.0 Å². The third kappa shape index (κ3) is 5.53. The lowest BCUT2D eigenvalue weighted by atomic mass is 10.3. The Labute approximate surface area is 112 Å². The van der Waals surface area contributed by atoms with Gasteiger partial charge in [0.15, 0.2) is 22.9 Å². The van der Waals surface area contributed by atoms with Crippen LogP contribution in [0.4, 0.5) is 19.0 Å². The average Bonchev–Trinajstić information content (AvgIpc) is 2.31. The highest BCUT2D eigenvalue weighted by Gasteiger charge is 2.37. The molecule has 0 spiro atoms. The molecule has 1 heterocycles. The number of nitrogens with one attached hydrogen (secondary N) is 1. The summed E-state index contributed by atoms with van der Waals surface area (Å²) in [6.07, 6.45) is -6.10. The second-order valence-electron chi connectivity index (χ2n) is 3.77. The first kappa shape index (κ1) is 15.9. The molecule has 10 heteroatoms. The van der Waals surface area contributed by atoms with E-state index in [1.54, 1.807) is 0 Å². The smallest absolute Gasteiger partial charge is 0.382 e. The van der Waals surface area contributed by atoms with Crippen LogP contribution in [0.25, 0.3) is 0 Å². The molecule has 0 unspecified atom stereocenters. The molecule has 19 heavy (non-hydrogen) atoms. The van der Waals surface area contributed by atoms with Crippen LogP contribution in [0.15, 0.2) is 0 Å². The Morgan fingerprint density at radius 1 is 1.37 bits per heavy atom. The third-order valence-electron chi connectivity index (χ3n) is 2.18. The standard InChI is InChI=1S/C9H13ClF3N5O/c10-7-8(14)16-6(17-18-7)2-1-3-15-4-5(19)9(11,12)13/h5,15,19H,1-4H2,(H2,14,16,17)/t5-/m0/s1. The Morgan fingerprint density at radius 2 is 2.05 bits per heavy atom. The summed E-state index contributed by atoms with van der Waals surface area (Å²) in [4.78, 5) is 3.86. The molecule has 0 radical (unpaired) electrons. The predicted octanol–water partition coefficient (Wildman–Crippen LogP) is 0.553. The van der Waals surface area contributed by atoms with E-state index in [2.05, 4.69) is 20.5 Å². The summed E-state index contributed by atoms with van der Waals surface area (Å²) in [7, 11) is 0. The Hall–Kier alpha value is -1.19. The lowest BCUT2D eigenvalue weighted by Crippen LogP contribution is -2.38. The molecule has 1 rings (SSSR count). The lowest BCUT2D eigenvalue weighted by Gasteiger charge is -2.14. The van der Waals surface area contributed by atoms with E-state index in [1.165, 1.54) is 0 Å². The normalized spacial score (nSPS) is 13.5. The number of nitrogen functional groups attached to an aromatic ring is 1. The number of nitrogens with two attached hydrogens (primary N) is 1. The summed E-state index contributed by atoms with van der Waals surface area (Å²) < 4.78 is 35.9. The van der Waals surface area contributed by atoms with Crippen molar-refractivity contribution in [3.05, 3.63) is 11.0 Å². The molecule has 0 aliphatic rings. The SMILES string of the molecule is Nc1nc(CCCNC[C@H](O)C(F)(F)F)nnc1Cl. The van der Waals surface area contributed by atoms with Crippen LogP contribution in [-0.2, 0) is 6.42 Å². The number of halogens is 4. The second-order valence-corrected chi connectivity index (χ2v) is 4.13. The van der Waals surface area contributed by atoms with Crippen LogP contribution in [0.2, 0.25) is 5.15 Å². The van der Waals surface area contributed by atoms with E-state index in [0.29, 0.717) is 18.7 Å². The van der Waals surface area contributed by atoms with E-state index < -0.39 is 18.8 Å². The Balaban J connectivity index is 2.22. The largest absolute Gasteiger partial charge is 0.415 e. The van der Waals surface area contributed by atoms with Gasteiger partial charge >= 0.3 is 6.18 Å². The van der Waals surface area contributed by atoms with E-state index in [0.717, 1.165) is 0 Å². The molecule has 0 aliphatic carbocycles. The maximum Gasteiger partial charge on any atom is 0.415 e. The molecule has 0 fully saturated rings. The van der Waals surface area contributed by atoms with E-state index in [4.69, 9.17) is 22.4 Å². The summed E-state index contributed by atoms with van der Waals surface area (Å²) >= 11 is 5.53. The zero-order valence-corrected chi connectivity index (χ0v) is 10.5. The van der Waals surface area contributed by atoms with Crippen molar-refractivity contribution in [2.24, 2.45) is 0 Å². The second kappa shape index (κ2) is 6.83. The van der Waals surface area contributed by atoms with Gasteiger partial charge in [-0.15, -0.1) is 10.2 Å². The predicted molar refractivity (Wildman–Crippen MR) is 62.5 cm³/mol. The number of anilines is 1. The number of alkyl halides is 3. The quantitative estimate of drug-likeness (QED) is 0.664. The van der Waals surface area contributed by atoms with E-state index in [-0.39, 0.29) is 17.5 Å². The number of aromatic nitrogens is 3. The molecule has 0 aromatic carbocycles. The molecule has 1 aromatic rings. The van der Waals surface area contributed by atoms with Crippen molar-refractivity contribution < 1.29 is 18.3 Å². The number of rotatable bonds is 6. The average molecular weight is 300 g/mol. The van der Waals surface area contributed by atoms with Gasteiger partial charge in [-0.25, -0.2) is 4.98 Å². The molecule has 0 saturated heterocycles. The molecule has 0 bridgehead atoms. The van der Waals surface area contributed by atoms with Gasteiger partial charge in [-0.1, -0.05) is 11.6 Å². The van der Waals surface area contributed by atoms with Gasteiger partial charge in [-0.3, -0.25) is 0 Å². The van der Waals surface area contributed by atoms with Crippen molar-refractivity contribution in [2.45, 2.75) is 25.1 Å². The van der Waals surface area contributed by atoms with Crippen LogP contribution in [0.1, 0.15) is 12.2 Å². The van der Waals surface area contributed by atoms with Crippen molar-refractivity contribution in [1.82, 2.24) is 20.5 Å². The van der Waals surface area contributed by atoms with Crippen molar-refractivity contribution in [1.29, 1.82) is 0 Å². The highest BCUT2D eigenvalue weighted by atomic mass is 35.5. The van der Waals surface area contributed by atoms with Crippen molar-refractivity contribution in [2.75, 3.05) is 18.8 Å². The van der Waals surface area contributed by atoms with Crippen LogP contribution in [-0.4, -0.2) is 45.7 Å². The van der Waals surface area contributed by atoms with Gasteiger partial charge in [0.25, 0.3) is 0 Å². The maximum atomic E-state index is 12.0. The molecule has 0 amide bonds. The van der Waals surface area contributed by atoms with Crippen LogP contribution >= 0.6 is 11.6 Å². The minimum Gasteiger partial charge on any atom is -0.382 e. The summed E-state index contributed by atoms with van der Waals surface area (Å²) in [6.45, 7) is -0.273. The summed E-state index contributed by atoms with van der Waals surface area (Å²) in [5.41, 5.74) is 5.42. The van der Waals surface area contributed by atoms with Gasteiger partial charge < -0.3 is 16.2 Å². The molecule has 108 valence electrons. The number of hydrogen-bond acceptors (Lipinski definition) is 6. The number of hydrogen-bond donors (Lipinski definition) is 3. The number of nitrogens with zero attached hydrogens (tertiary/aromatic N) is 3. The van der Waals surface area contributed by atoms with Crippen LogP contribution in [0, 0.1) is 0 Å². The summed E-state index contributed by atoms with van der Waals surface area (Å²) in [6, 6.07) is 0. The molecule has 1 aromatic heterocycles. The monoisotopic (exact) mass is 299 g/mol. The lowest BCUT2D eigenvalue weighted by molar-refractivity contribution is -0.201. The van der Waals surface area contributed by atoms with Gasteiger partial charge in [0.2, 0.25) is 0 Å². The Kier molecular flexibility index (Phi) is 5.70. The van der Waals surface area contributed by atoms with Crippen molar-refractivity contribution in [3.63, 3.8) is 0 Å². The van der Waals surface area contributed by atoms with Gasteiger partial charge in [-0.05, 0) is 13.0 Å². The van der Waals surface area contributed by atoms with Gasteiger partial charge in [0.1, 0.15) is 0 Å².